The molecule has 0 heterocycles. The average Bonchev–Trinajstić information content (AvgIpc) is 2.90. The van der Waals surface area contributed by atoms with Crippen molar-refractivity contribution >= 4 is 35.3 Å². The molecule has 4 rings (SSSR count). The second-order valence-corrected chi connectivity index (χ2v) is 8.94. The molecule has 0 saturated heterocycles. The van der Waals surface area contributed by atoms with E-state index in [-0.39, 0.29) is 11.5 Å². The summed E-state index contributed by atoms with van der Waals surface area (Å²) in [4.78, 5) is 25.2. The van der Waals surface area contributed by atoms with Crippen LogP contribution in [0.15, 0.2) is 94.7 Å². The standard InChI is InChI=1S/C28H24N2O6S/c1-35-27(33)29-19-9-11-25(23(15-19)17-5-3-7-21(31)13-17)37-26-12-10-20(30-28(34)36-2)16-24(26)18-6-4-8-22(32)14-18/h3-16,31-32H,1-2H3,(H,29,33)(H,30,34). The van der Waals surface area contributed by atoms with Gasteiger partial charge in [-0.3, -0.25) is 10.6 Å². The maximum atomic E-state index is 11.8. The molecule has 0 radical (unpaired) electrons. The lowest BCUT2D eigenvalue weighted by Gasteiger charge is -2.16. The van der Waals surface area contributed by atoms with E-state index in [1.165, 1.54) is 26.0 Å². The Morgan fingerprint density at radius 1 is 0.649 bits per heavy atom. The molecule has 2 amide bonds. The third-order valence-electron chi connectivity index (χ3n) is 5.36. The molecule has 4 aromatic carbocycles. The summed E-state index contributed by atoms with van der Waals surface area (Å²) in [6.07, 6.45) is -1.19. The van der Waals surface area contributed by atoms with Gasteiger partial charge in [-0.05, 0) is 82.9 Å². The van der Waals surface area contributed by atoms with E-state index >= 15 is 0 Å². The van der Waals surface area contributed by atoms with Crippen molar-refractivity contribution in [2.75, 3.05) is 24.9 Å². The van der Waals surface area contributed by atoms with E-state index in [1.54, 1.807) is 60.7 Å². The fourth-order valence-corrected chi connectivity index (χ4v) is 4.73. The summed E-state index contributed by atoms with van der Waals surface area (Å²) < 4.78 is 9.42. The minimum Gasteiger partial charge on any atom is -0.508 e. The first-order valence-electron chi connectivity index (χ1n) is 11.1. The molecule has 0 saturated carbocycles. The van der Waals surface area contributed by atoms with Crippen molar-refractivity contribution in [1.29, 1.82) is 0 Å². The Hall–Kier alpha value is -4.63. The highest BCUT2D eigenvalue weighted by Crippen LogP contribution is 2.43. The smallest absolute Gasteiger partial charge is 0.411 e. The molecule has 0 aliphatic carbocycles. The van der Waals surface area contributed by atoms with Crippen molar-refractivity contribution in [2.45, 2.75) is 9.79 Å². The molecule has 0 atom stereocenters. The molecular formula is C28H24N2O6S. The molecular weight excluding hydrogens is 492 g/mol. The van der Waals surface area contributed by atoms with Gasteiger partial charge in [0.05, 0.1) is 14.2 Å². The van der Waals surface area contributed by atoms with Crippen LogP contribution in [0.1, 0.15) is 0 Å². The number of ether oxygens (including phenoxy) is 2. The molecule has 0 fully saturated rings. The number of phenols is 2. The zero-order valence-electron chi connectivity index (χ0n) is 20.0. The van der Waals surface area contributed by atoms with Crippen LogP contribution in [-0.4, -0.2) is 36.6 Å². The van der Waals surface area contributed by atoms with Crippen LogP contribution < -0.4 is 10.6 Å². The fourth-order valence-electron chi connectivity index (χ4n) is 3.65. The summed E-state index contributed by atoms with van der Waals surface area (Å²) >= 11 is 1.46. The van der Waals surface area contributed by atoms with E-state index in [2.05, 4.69) is 10.6 Å². The van der Waals surface area contributed by atoms with E-state index in [1.807, 2.05) is 24.3 Å². The molecule has 0 aliphatic heterocycles. The van der Waals surface area contributed by atoms with Gasteiger partial charge in [0.25, 0.3) is 0 Å². The van der Waals surface area contributed by atoms with Crippen molar-refractivity contribution in [3.63, 3.8) is 0 Å². The molecule has 4 aromatic rings. The van der Waals surface area contributed by atoms with Crippen LogP contribution in [0, 0.1) is 0 Å². The number of benzene rings is 4. The predicted octanol–water partition coefficient (Wildman–Crippen LogP) is 6.94. The van der Waals surface area contributed by atoms with E-state index in [0.717, 1.165) is 32.0 Å². The minimum absolute atomic E-state index is 0.110. The Labute approximate surface area is 217 Å². The van der Waals surface area contributed by atoms with Crippen LogP contribution in [0.5, 0.6) is 11.5 Å². The van der Waals surface area contributed by atoms with Gasteiger partial charge in [-0.25, -0.2) is 9.59 Å². The molecule has 188 valence electrons. The molecule has 0 aromatic heterocycles. The molecule has 4 N–H and O–H groups in total. The second kappa shape index (κ2) is 11.4. The van der Waals surface area contributed by atoms with Crippen LogP contribution in [0.25, 0.3) is 22.3 Å². The maximum absolute atomic E-state index is 11.8. The van der Waals surface area contributed by atoms with Gasteiger partial charge in [0, 0.05) is 21.2 Å². The van der Waals surface area contributed by atoms with Gasteiger partial charge in [-0.2, -0.15) is 0 Å². The van der Waals surface area contributed by atoms with Crippen LogP contribution >= 0.6 is 11.8 Å². The molecule has 9 heteroatoms. The Morgan fingerprint density at radius 2 is 1.08 bits per heavy atom. The SMILES string of the molecule is COC(=O)Nc1ccc(Sc2ccc(NC(=O)OC)cc2-c2cccc(O)c2)c(-c2cccc(O)c2)c1. The molecule has 37 heavy (non-hydrogen) atoms. The molecule has 0 spiro atoms. The Balaban J connectivity index is 1.81. The van der Waals surface area contributed by atoms with Crippen LogP contribution in [0.4, 0.5) is 21.0 Å². The number of methoxy groups -OCH3 is 2. The zero-order valence-corrected chi connectivity index (χ0v) is 20.8. The molecule has 8 nitrogen and oxygen atoms in total. The largest absolute Gasteiger partial charge is 0.508 e. The predicted molar refractivity (Wildman–Crippen MR) is 143 cm³/mol. The number of nitrogens with one attached hydrogen (secondary N) is 2. The number of aromatic hydroxyl groups is 2. The van der Waals surface area contributed by atoms with Crippen molar-refractivity contribution < 1.29 is 29.3 Å². The van der Waals surface area contributed by atoms with E-state index in [0.29, 0.717) is 11.4 Å². The number of carbonyl (C=O) groups is 2. The summed E-state index contributed by atoms with van der Waals surface area (Å²) in [5, 5.41) is 25.5. The highest BCUT2D eigenvalue weighted by molar-refractivity contribution is 7.99. The van der Waals surface area contributed by atoms with Crippen molar-refractivity contribution in [3.05, 3.63) is 84.9 Å². The number of rotatable bonds is 6. The van der Waals surface area contributed by atoms with Gasteiger partial charge >= 0.3 is 12.2 Å². The normalized spacial score (nSPS) is 10.4. The Morgan fingerprint density at radius 3 is 1.46 bits per heavy atom. The van der Waals surface area contributed by atoms with Crippen LogP contribution in [-0.2, 0) is 9.47 Å². The number of amides is 2. The van der Waals surface area contributed by atoms with Crippen LogP contribution in [0.3, 0.4) is 0 Å². The van der Waals surface area contributed by atoms with Crippen molar-refractivity contribution in [2.24, 2.45) is 0 Å². The number of hydrogen-bond acceptors (Lipinski definition) is 7. The monoisotopic (exact) mass is 516 g/mol. The molecule has 0 unspecified atom stereocenters. The lowest BCUT2D eigenvalue weighted by molar-refractivity contribution is 0.186. The highest BCUT2D eigenvalue weighted by Gasteiger charge is 2.15. The third-order valence-corrected chi connectivity index (χ3v) is 6.51. The summed E-state index contributed by atoms with van der Waals surface area (Å²) in [5.74, 6) is 0.219. The van der Waals surface area contributed by atoms with Gasteiger partial charge in [0.1, 0.15) is 11.5 Å². The van der Waals surface area contributed by atoms with Crippen molar-refractivity contribution in [3.8, 4) is 33.8 Å². The minimum atomic E-state index is -0.595. The van der Waals surface area contributed by atoms with Crippen molar-refractivity contribution in [1.82, 2.24) is 0 Å². The number of carbonyl (C=O) groups excluding carboxylic acids is 2. The molecule has 0 bridgehead atoms. The second-order valence-electron chi connectivity index (χ2n) is 7.86. The summed E-state index contributed by atoms with van der Waals surface area (Å²) in [6.45, 7) is 0. The first kappa shape index (κ1) is 25.5. The summed E-state index contributed by atoms with van der Waals surface area (Å²) in [6, 6.07) is 24.5. The van der Waals surface area contributed by atoms with Gasteiger partial charge in [0.15, 0.2) is 0 Å². The first-order valence-corrected chi connectivity index (χ1v) is 11.9. The Bertz CT molecular complexity index is 1350. The van der Waals surface area contributed by atoms with Gasteiger partial charge in [0.2, 0.25) is 0 Å². The third kappa shape index (κ3) is 6.33. The van der Waals surface area contributed by atoms with E-state index in [9.17, 15) is 19.8 Å². The first-order chi connectivity index (χ1) is 17.9. The lowest BCUT2D eigenvalue weighted by Crippen LogP contribution is -2.11. The van der Waals surface area contributed by atoms with Gasteiger partial charge in [-0.15, -0.1) is 0 Å². The Kier molecular flexibility index (Phi) is 7.85. The topological polar surface area (TPSA) is 117 Å². The van der Waals surface area contributed by atoms with Gasteiger partial charge in [-0.1, -0.05) is 36.0 Å². The maximum Gasteiger partial charge on any atom is 0.411 e. The average molecular weight is 517 g/mol. The lowest BCUT2D eigenvalue weighted by atomic mass is 10.0. The zero-order chi connectivity index (χ0) is 26.4. The van der Waals surface area contributed by atoms with Gasteiger partial charge < -0.3 is 19.7 Å². The quantitative estimate of drug-likeness (QED) is 0.219. The summed E-state index contributed by atoms with van der Waals surface area (Å²) in [7, 11) is 2.58. The number of hydrogen-bond donors (Lipinski definition) is 4. The number of phenolic OH excluding ortho intramolecular Hbond substituents is 2. The highest BCUT2D eigenvalue weighted by atomic mass is 32.2. The van der Waals surface area contributed by atoms with Crippen LogP contribution in [0.2, 0.25) is 0 Å². The van der Waals surface area contributed by atoms with E-state index < -0.39 is 12.2 Å². The molecule has 0 aliphatic rings. The summed E-state index contributed by atoms with van der Waals surface area (Å²) in [5.41, 5.74) is 4.10. The van der Waals surface area contributed by atoms with E-state index in [4.69, 9.17) is 9.47 Å². The number of anilines is 2. The fraction of sp³-hybridized carbons (Fsp3) is 0.0714.